The number of rotatable bonds is 4. The number of aromatic nitrogens is 2. The third-order valence-electron chi connectivity index (χ3n) is 4.54. The number of nitrogens with zero attached hydrogens (tertiary/aromatic N) is 2. The summed E-state index contributed by atoms with van der Waals surface area (Å²) >= 11 is 3.09. The van der Waals surface area contributed by atoms with Crippen LogP contribution in [-0.2, 0) is 4.79 Å². The fourth-order valence-electron chi connectivity index (χ4n) is 3.29. The number of aryl methyl sites for hydroxylation is 2. The van der Waals surface area contributed by atoms with Crippen molar-refractivity contribution in [2.24, 2.45) is 0 Å². The van der Waals surface area contributed by atoms with E-state index in [0.29, 0.717) is 5.13 Å². The number of carbonyl (C=O) groups is 1. The Morgan fingerprint density at radius 1 is 1.19 bits per heavy atom. The van der Waals surface area contributed by atoms with Crippen molar-refractivity contribution >= 4 is 33.7 Å². The molecule has 7 heteroatoms. The first-order chi connectivity index (χ1) is 12.6. The summed E-state index contributed by atoms with van der Waals surface area (Å²) in [6.45, 7) is 3.98. The van der Waals surface area contributed by atoms with Crippen LogP contribution in [0.1, 0.15) is 35.1 Å². The van der Waals surface area contributed by atoms with Crippen LogP contribution in [0.5, 0.6) is 0 Å². The second kappa shape index (κ2) is 7.26. The molecule has 3 aromatic rings. The molecule has 0 spiro atoms. The fourth-order valence-corrected chi connectivity index (χ4v) is 4.95. The summed E-state index contributed by atoms with van der Waals surface area (Å²) in [6, 6.07) is 10.3. The highest BCUT2D eigenvalue weighted by molar-refractivity contribution is 7.16. The highest BCUT2D eigenvalue weighted by Gasteiger charge is 2.30. The Labute approximate surface area is 160 Å². The smallest absolute Gasteiger partial charge is 0.243 e. The highest BCUT2D eigenvalue weighted by Crippen LogP contribution is 2.32. The normalized spacial score (nSPS) is 19.6. The van der Waals surface area contributed by atoms with Gasteiger partial charge in [-0.2, -0.15) is 0 Å². The molecular formula is C19H20N4OS2. The van der Waals surface area contributed by atoms with E-state index >= 15 is 0 Å². The minimum atomic E-state index is -0.181. The molecule has 0 saturated carbocycles. The molecule has 3 heterocycles. The van der Waals surface area contributed by atoms with Crippen molar-refractivity contribution in [3.8, 4) is 10.6 Å². The molecule has 0 bridgehead atoms. The molecule has 0 radical (unpaired) electrons. The number of amides is 1. The first kappa shape index (κ1) is 17.3. The molecule has 1 aliphatic heterocycles. The average molecular weight is 385 g/mol. The zero-order valence-electron chi connectivity index (χ0n) is 14.7. The van der Waals surface area contributed by atoms with E-state index in [1.165, 1.54) is 16.9 Å². The SMILES string of the molecule is Cc1nc(C)c(-c2csc(NC(=O)[C@@H]3CC[C@H](c4ccccc4)N3)n2)s1. The Hall–Kier alpha value is -2.09. The first-order valence-electron chi connectivity index (χ1n) is 8.62. The van der Waals surface area contributed by atoms with Gasteiger partial charge in [-0.1, -0.05) is 30.3 Å². The number of carbonyl (C=O) groups excluding carboxylic acids is 1. The minimum absolute atomic E-state index is 0.0125. The molecular weight excluding hydrogens is 364 g/mol. The topological polar surface area (TPSA) is 66.9 Å². The highest BCUT2D eigenvalue weighted by atomic mass is 32.1. The van der Waals surface area contributed by atoms with Crippen LogP contribution in [0.2, 0.25) is 0 Å². The van der Waals surface area contributed by atoms with Crippen LogP contribution in [0.3, 0.4) is 0 Å². The lowest BCUT2D eigenvalue weighted by Crippen LogP contribution is -2.36. The van der Waals surface area contributed by atoms with Crippen molar-refractivity contribution in [1.29, 1.82) is 0 Å². The quantitative estimate of drug-likeness (QED) is 0.703. The van der Waals surface area contributed by atoms with Crippen LogP contribution >= 0.6 is 22.7 Å². The van der Waals surface area contributed by atoms with Crippen molar-refractivity contribution in [2.75, 3.05) is 5.32 Å². The predicted molar refractivity (Wildman–Crippen MR) is 107 cm³/mol. The van der Waals surface area contributed by atoms with Gasteiger partial charge in [0.1, 0.15) is 0 Å². The molecule has 0 unspecified atom stereocenters. The molecule has 1 saturated heterocycles. The Balaban J connectivity index is 1.41. The number of hydrogen-bond acceptors (Lipinski definition) is 6. The van der Waals surface area contributed by atoms with Crippen LogP contribution in [0.15, 0.2) is 35.7 Å². The van der Waals surface area contributed by atoms with Crippen molar-refractivity contribution in [3.63, 3.8) is 0 Å². The molecule has 1 aromatic carbocycles. The second-order valence-electron chi connectivity index (χ2n) is 6.43. The molecule has 26 heavy (non-hydrogen) atoms. The van der Waals surface area contributed by atoms with Gasteiger partial charge in [0, 0.05) is 11.4 Å². The Bertz CT molecular complexity index is 919. The van der Waals surface area contributed by atoms with Crippen molar-refractivity contribution in [1.82, 2.24) is 15.3 Å². The van der Waals surface area contributed by atoms with Crippen molar-refractivity contribution < 1.29 is 4.79 Å². The van der Waals surface area contributed by atoms with E-state index in [-0.39, 0.29) is 18.0 Å². The lowest BCUT2D eigenvalue weighted by atomic mass is 10.1. The summed E-state index contributed by atoms with van der Waals surface area (Å²) < 4.78 is 0. The average Bonchev–Trinajstić information content (AvgIpc) is 3.35. The third kappa shape index (κ3) is 3.56. The molecule has 2 N–H and O–H groups in total. The lowest BCUT2D eigenvalue weighted by molar-refractivity contribution is -0.117. The Kier molecular flexibility index (Phi) is 4.84. The van der Waals surface area contributed by atoms with Gasteiger partial charge in [0.2, 0.25) is 5.91 Å². The molecule has 5 nitrogen and oxygen atoms in total. The summed E-state index contributed by atoms with van der Waals surface area (Å²) in [6.07, 6.45) is 1.79. The van der Waals surface area contributed by atoms with Gasteiger partial charge in [-0.15, -0.1) is 22.7 Å². The molecule has 1 aliphatic rings. The number of thiazole rings is 2. The van der Waals surface area contributed by atoms with E-state index in [0.717, 1.165) is 34.1 Å². The number of nitrogens with one attached hydrogen (secondary N) is 2. The molecule has 1 fully saturated rings. The van der Waals surface area contributed by atoms with E-state index in [2.05, 4.69) is 32.7 Å². The molecule has 1 amide bonds. The predicted octanol–water partition coefficient (Wildman–Crippen LogP) is 4.32. The van der Waals surface area contributed by atoms with Gasteiger partial charge in [-0.05, 0) is 32.3 Å². The molecule has 2 aromatic heterocycles. The van der Waals surface area contributed by atoms with E-state index < -0.39 is 0 Å². The van der Waals surface area contributed by atoms with Gasteiger partial charge >= 0.3 is 0 Å². The van der Waals surface area contributed by atoms with Gasteiger partial charge < -0.3 is 5.32 Å². The fraction of sp³-hybridized carbons (Fsp3) is 0.316. The minimum Gasteiger partial charge on any atom is -0.301 e. The summed E-state index contributed by atoms with van der Waals surface area (Å²) in [4.78, 5) is 22.7. The van der Waals surface area contributed by atoms with Crippen LogP contribution in [0.4, 0.5) is 5.13 Å². The molecule has 2 atom stereocenters. The first-order valence-corrected chi connectivity index (χ1v) is 10.3. The zero-order chi connectivity index (χ0) is 18.1. The largest absolute Gasteiger partial charge is 0.301 e. The van der Waals surface area contributed by atoms with Gasteiger partial charge in [-0.25, -0.2) is 9.97 Å². The lowest BCUT2D eigenvalue weighted by Gasteiger charge is -2.14. The van der Waals surface area contributed by atoms with Crippen LogP contribution in [-0.4, -0.2) is 21.9 Å². The Morgan fingerprint density at radius 3 is 2.73 bits per heavy atom. The van der Waals surface area contributed by atoms with Crippen LogP contribution in [0, 0.1) is 13.8 Å². The van der Waals surface area contributed by atoms with Crippen LogP contribution in [0.25, 0.3) is 10.6 Å². The van der Waals surface area contributed by atoms with Gasteiger partial charge in [-0.3, -0.25) is 10.1 Å². The third-order valence-corrected chi connectivity index (χ3v) is 6.39. The number of benzene rings is 1. The maximum atomic E-state index is 12.6. The van der Waals surface area contributed by atoms with E-state index in [4.69, 9.17) is 0 Å². The molecule has 4 rings (SSSR count). The monoisotopic (exact) mass is 384 g/mol. The maximum Gasteiger partial charge on any atom is 0.243 e. The molecule has 134 valence electrons. The van der Waals surface area contributed by atoms with E-state index in [9.17, 15) is 4.79 Å². The number of anilines is 1. The molecule has 0 aliphatic carbocycles. The standard InChI is InChI=1S/C19H20N4OS2/c1-11-17(26-12(2)20-11)16-10-25-19(22-16)23-18(24)15-9-8-14(21-15)13-6-4-3-5-7-13/h3-7,10,14-15,21H,8-9H2,1-2H3,(H,22,23,24)/t14-,15+/m1/s1. The summed E-state index contributed by atoms with van der Waals surface area (Å²) in [7, 11) is 0. The summed E-state index contributed by atoms with van der Waals surface area (Å²) in [5.74, 6) is -0.0125. The van der Waals surface area contributed by atoms with Crippen molar-refractivity contribution in [2.45, 2.75) is 38.8 Å². The number of hydrogen-bond donors (Lipinski definition) is 2. The van der Waals surface area contributed by atoms with E-state index in [1.807, 2.05) is 37.4 Å². The van der Waals surface area contributed by atoms with Gasteiger partial charge in [0.05, 0.1) is 27.3 Å². The van der Waals surface area contributed by atoms with Gasteiger partial charge in [0.15, 0.2) is 5.13 Å². The van der Waals surface area contributed by atoms with Gasteiger partial charge in [0.25, 0.3) is 0 Å². The maximum absolute atomic E-state index is 12.6. The van der Waals surface area contributed by atoms with Crippen molar-refractivity contribution in [3.05, 3.63) is 52.0 Å². The van der Waals surface area contributed by atoms with Crippen LogP contribution < -0.4 is 10.6 Å². The summed E-state index contributed by atoms with van der Waals surface area (Å²) in [5, 5.41) is 10.0. The zero-order valence-corrected chi connectivity index (χ0v) is 16.3. The Morgan fingerprint density at radius 2 is 2.00 bits per heavy atom. The summed E-state index contributed by atoms with van der Waals surface area (Å²) in [5.41, 5.74) is 3.10. The second-order valence-corrected chi connectivity index (χ2v) is 8.50. The van der Waals surface area contributed by atoms with E-state index in [1.54, 1.807) is 11.3 Å².